The van der Waals surface area contributed by atoms with Gasteiger partial charge in [0.25, 0.3) is 0 Å². The molecule has 0 saturated heterocycles. The van der Waals surface area contributed by atoms with Crippen molar-refractivity contribution in [1.82, 2.24) is 0 Å². The van der Waals surface area contributed by atoms with E-state index in [-0.39, 0.29) is 12.1 Å². The van der Waals surface area contributed by atoms with Crippen LogP contribution in [0.15, 0.2) is 30.3 Å². The van der Waals surface area contributed by atoms with Crippen molar-refractivity contribution in [2.75, 3.05) is 0 Å². The topological polar surface area (TPSA) is 61.2 Å². The van der Waals surface area contributed by atoms with Gasteiger partial charge in [-0.1, -0.05) is 12.1 Å². The number of aliphatic carboxylic acids is 1. The molecule has 1 aliphatic rings. The highest BCUT2D eigenvalue weighted by molar-refractivity contribution is 6.14. The second kappa shape index (κ2) is 5.22. The number of fused-ring (bicyclic) bond motifs is 2. The number of halogens is 3. The zero-order chi connectivity index (χ0) is 16.8. The number of hydrogen-bond acceptors (Lipinski definition) is 2. The van der Waals surface area contributed by atoms with Gasteiger partial charge in [-0.15, -0.1) is 0 Å². The number of alkyl halides is 3. The van der Waals surface area contributed by atoms with E-state index in [2.05, 4.69) is 0 Å². The summed E-state index contributed by atoms with van der Waals surface area (Å²) in [5, 5.41) is 19.2. The highest BCUT2D eigenvalue weighted by Crippen LogP contribution is 2.30. The fourth-order valence-electron chi connectivity index (χ4n) is 2.72. The predicted molar refractivity (Wildman–Crippen MR) is 80.6 cm³/mol. The molecule has 0 spiro atoms. The van der Waals surface area contributed by atoms with E-state index >= 15 is 0 Å². The number of carboxylic acids is 1. The Labute approximate surface area is 128 Å². The zero-order valence-corrected chi connectivity index (χ0v) is 11.8. The molecule has 0 radical (unpaired) electrons. The minimum atomic E-state index is -4.40. The summed E-state index contributed by atoms with van der Waals surface area (Å²) in [5.41, 5.74) is -0.574. The average molecular weight is 319 g/mol. The Morgan fingerprint density at radius 2 is 1.83 bits per heavy atom. The SMILES string of the molecule is N=C1C=c2cc3cc(C(F)(F)F)ccc3cc2=CC1CC(=O)O. The minimum Gasteiger partial charge on any atom is -0.481 e. The number of carbonyl (C=O) groups is 1. The summed E-state index contributed by atoms with van der Waals surface area (Å²) in [6.07, 6.45) is -1.38. The molecule has 1 unspecified atom stereocenters. The third-order valence-electron chi connectivity index (χ3n) is 3.86. The number of carboxylic acid groups (broad SMARTS) is 1. The molecule has 0 saturated carbocycles. The van der Waals surface area contributed by atoms with Crippen molar-refractivity contribution in [2.45, 2.75) is 12.6 Å². The lowest BCUT2D eigenvalue weighted by Crippen LogP contribution is -2.33. The summed E-state index contributed by atoms with van der Waals surface area (Å²) >= 11 is 0. The van der Waals surface area contributed by atoms with Crippen LogP contribution in [0.3, 0.4) is 0 Å². The molecule has 118 valence electrons. The Morgan fingerprint density at radius 1 is 1.13 bits per heavy atom. The summed E-state index contributed by atoms with van der Waals surface area (Å²) in [4.78, 5) is 10.8. The van der Waals surface area contributed by atoms with Crippen LogP contribution in [-0.2, 0) is 11.0 Å². The molecule has 3 rings (SSSR count). The highest BCUT2D eigenvalue weighted by atomic mass is 19.4. The molecule has 2 N–H and O–H groups in total. The first kappa shape index (κ1) is 15.3. The van der Waals surface area contributed by atoms with Crippen LogP contribution in [0.1, 0.15) is 12.0 Å². The normalized spacial score (nSPS) is 17.3. The summed E-state index contributed by atoms with van der Waals surface area (Å²) in [6, 6.07) is 6.83. The van der Waals surface area contributed by atoms with E-state index in [9.17, 15) is 18.0 Å². The van der Waals surface area contributed by atoms with Gasteiger partial charge in [0.1, 0.15) is 0 Å². The highest BCUT2D eigenvalue weighted by Gasteiger charge is 2.30. The smallest absolute Gasteiger partial charge is 0.416 e. The van der Waals surface area contributed by atoms with Gasteiger partial charge in [-0.2, -0.15) is 13.2 Å². The molecule has 1 atom stereocenters. The van der Waals surface area contributed by atoms with Crippen LogP contribution in [-0.4, -0.2) is 16.8 Å². The van der Waals surface area contributed by atoms with Crippen molar-refractivity contribution in [3.05, 3.63) is 46.3 Å². The van der Waals surface area contributed by atoms with Crippen LogP contribution in [0.2, 0.25) is 0 Å². The molecule has 2 aromatic carbocycles. The van der Waals surface area contributed by atoms with Crippen LogP contribution in [0, 0.1) is 11.3 Å². The predicted octanol–water partition coefficient (Wildman–Crippen LogP) is 2.54. The van der Waals surface area contributed by atoms with Gasteiger partial charge >= 0.3 is 12.1 Å². The quantitative estimate of drug-likeness (QED) is 0.893. The van der Waals surface area contributed by atoms with Crippen LogP contribution in [0.4, 0.5) is 13.2 Å². The third kappa shape index (κ3) is 2.97. The first-order valence-electron chi connectivity index (χ1n) is 6.89. The van der Waals surface area contributed by atoms with Gasteiger partial charge in [0.15, 0.2) is 0 Å². The van der Waals surface area contributed by atoms with Crippen LogP contribution >= 0.6 is 0 Å². The Morgan fingerprint density at radius 3 is 2.48 bits per heavy atom. The lowest BCUT2D eigenvalue weighted by molar-refractivity contribution is -0.138. The Hall–Kier alpha value is -2.63. The molecule has 0 aliphatic heterocycles. The number of nitrogens with one attached hydrogen (secondary N) is 1. The molecular formula is C17H12F3NO2. The Balaban J connectivity index is 2.17. The molecular weight excluding hydrogens is 307 g/mol. The monoisotopic (exact) mass is 319 g/mol. The van der Waals surface area contributed by atoms with E-state index in [0.717, 1.165) is 17.4 Å². The molecule has 0 bridgehead atoms. The van der Waals surface area contributed by atoms with Crippen LogP contribution in [0.25, 0.3) is 22.9 Å². The average Bonchev–Trinajstić information content (AvgIpc) is 2.44. The summed E-state index contributed by atoms with van der Waals surface area (Å²) in [7, 11) is 0. The summed E-state index contributed by atoms with van der Waals surface area (Å²) in [5.74, 6) is -1.52. The van der Waals surface area contributed by atoms with Crippen molar-refractivity contribution in [3.63, 3.8) is 0 Å². The van der Waals surface area contributed by atoms with Gasteiger partial charge in [-0.05, 0) is 51.6 Å². The van der Waals surface area contributed by atoms with Crippen LogP contribution in [0.5, 0.6) is 0 Å². The fraction of sp³-hybridized carbons (Fsp3) is 0.176. The first-order valence-corrected chi connectivity index (χ1v) is 6.89. The zero-order valence-electron chi connectivity index (χ0n) is 11.8. The minimum absolute atomic E-state index is 0.145. The van der Waals surface area contributed by atoms with E-state index < -0.39 is 23.6 Å². The lowest BCUT2D eigenvalue weighted by Gasteiger charge is -2.14. The first-order chi connectivity index (χ1) is 10.7. The lowest BCUT2D eigenvalue weighted by atomic mass is 9.91. The molecule has 0 heterocycles. The van der Waals surface area contributed by atoms with Crippen molar-refractivity contribution >= 4 is 34.6 Å². The molecule has 6 heteroatoms. The van der Waals surface area contributed by atoms with E-state index in [1.165, 1.54) is 12.1 Å². The third-order valence-corrected chi connectivity index (χ3v) is 3.86. The summed E-state index contributed by atoms with van der Waals surface area (Å²) in [6.45, 7) is 0. The largest absolute Gasteiger partial charge is 0.481 e. The molecule has 1 aliphatic carbocycles. The number of benzene rings is 2. The van der Waals surface area contributed by atoms with Gasteiger partial charge in [0, 0.05) is 11.6 Å². The maximum Gasteiger partial charge on any atom is 0.416 e. The van der Waals surface area contributed by atoms with Gasteiger partial charge < -0.3 is 10.5 Å². The Bertz CT molecular complexity index is 945. The maximum absolute atomic E-state index is 12.8. The molecule has 3 nitrogen and oxygen atoms in total. The fourth-order valence-corrected chi connectivity index (χ4v) is 2.72. The van der Waals surface area contributed by atoms with Crippen molar-refractivity contribution < 1.29 is 23.1 Å². The Kier molecular flexibility index (Phi) is 3.47. The van der Waals surface area contributed by atoms with E-state index in [1.54, 1.807) is 18.2 Å². The maximum atomic E-state index is 12.8. The van der Waals surface area contributed by atoms with Gasteiger partial charge in [-0.25, -0.2) is 0 Å². The second-order valence-electron chi connectivity index (χ2n) is 5.51. The van der Waals surface area contributed by atoms with Gasteiger partial charge in [0.05, 0.1) is 12.0 Å². The van der Waals surface area contributed by atoms with Crippen molar-refractivity contribution in [2.24, 2.45) is 5.92 Å². The number of hydrogen-bond donors (Lipinski definition) is 2. The molecule has 0 fully saturated rings. The summed E-state index contributed by atoms with van der Waals surface area (Å²) < 4.78 is 38.4. The van der Waals surface area contributed by atoms with E-state index in [1.807, 2.05) is 0 Å². The molecule has 2 aromatic rings. The van der Waals surface area contributed by atoms with E-state index in [4.69, 9.17) is 10.5 Å². The van der Waals surface area contributed by atoms with Crippen molar-refractivity contribution in [1.29, 1.82) is 5.41 Å². The molecule has 23 heavy (non-hydrogen) atoms. The van der Waals surface area contributed by atoms with Gasteiger partial charge in [-0.3, -0.25) is 4.79 Å². The standard InChI is InChI=1S/C17H12F3NO2/c18-17(19,20)14-2-1-9-3-10-5-13(8-16(22)23)15(21)7-12(10)4-11(9)6-14/h1-7,13,21H,8H2,(H,22,23). The van der Waals surface area contributed by atoms with Crippen molar-refractivity contribution in [3.8, 4) is 0 Å². The van der Waals surface area contributed by atoms with Crippen LogP contribution < -0.4 is 10.4 Å². The molecule has 0 amide bonds. The van der Waals surface area contributed by atoms with Gasteiger partial charge in [0.2, 0.25) is 0 Å². The van der Waals surface area contributed by atoms with E-state index in [0.29, 0.717) is 16.0 Å². The second-order valence-corrected chi connectivity index (χ2v) is 5.51. The number of rotatable bonds is 2. The molecule has 0 aromatic heterocycles.